The molecule has 0 atom stereocenters. The van der Waals surface area contributed by atoms with E-state index in [4.69, 9.17) is 16.3 Å². The smallest absolute Gasteiger partial charge is 0.423 e. The van der Waals surface area contributed by atoms with Crippen molar-refractivity contribution in [3.05, 3.63) is 90.5 Å². The van der Waals surface area contributed by atoms with Crippen molar-refractivity contribution >= 4 is 17.6 Å². The second-order valence-electron chi connectivity index (χ2n) is 8.28. The number of aromatic nitrogens is 2. The normalized spacial score (nSPS) is 12.5. The molecule has 17 heteroatoms. The lowest BCUT2D eigenvalue weighted by Gasteiger charge is -2.15. The molecular weight excluding hydrogens is 594 g/mol. The Balaban J connectivity index is 2.09. The van der Waals surface area contributed by atoms with Crippen LogP contribution in [-0.2, 0) is 26.1 Å². The van der Waals surface area contributed by atoms with Crippen molar-refractivity contribution in [3.63, 3.8) is 0 Å². The van der Waals surface area contributed by atoms with Crippen LogP contribution in [0.5, 0.6) is 5.75 Å². The Morgan fingerprint density at radius 2 is 1.38 bits per heavy atom. The molecule has 0 amide bonds. The third kappa shape index (κ3) is 7.22. The van der Waals surface area contributed by atoms with Crippen LogP contribution in [0.15, 0.2) is 46.0 Å². The summed E-state index contributed by atoms with van der Waals surface area (Å²) < 4.78 is 136. The molecule has 6 nitrogen and oxygen atoms in total. The van der Waals surface area contributed by atoms with Crippen LogP contribution in [0.2, 0.25) is 5.02 Å². The predicted octanol–water partition coefficient (Wildman–Crippen LogP) is 5.78. The topological polar surface area (TPSA) is 70.3 Å². The Morgan fingerprint density at radius 1 is 0.850 bits per heavy atom. The van der Waals surface area contributed by atoms with Crippen molar-refractivity contribution in [1.82, 2.24) is 9.13 Å². The zero-order valence-electron chi connectivity index (χ0n) is 19.6. The largest absolute Gasteiger partial charge is 0.431 e. The molecule has 2 aromatic carbocycles. The first-order valence-electron chi connectivity index (χ1n) is 10.5. The number of halogens is 11. The van der Waals surface area contributed by atoms with Crippen LogP contribution >= 0.6 is 11.6 Å². The first-order chi connectivity index (χ1) is 18.2. The number of nitrogens with zero attached hydrogens (tertiary/aromatic N) is 2. The summed E-state index contributed by atoms with van der Waals surface area (Å²) in [7, 11) is 0.635. The van der Waals surface area contributed by atoms with Gasteiger partial charge in [0.15, 0.2) is 0 Å². The van der Waals surface area contributed by atoms with Gasteiger partial charge in [0.2, 0.25) is 0 Å². The minimum atomic E-state index is -5.13. The van der Waals surface area contributed by atoms with Crippen molar-refractivity contribution in [2.24, 2.45) is 7.05 Å². The highest BCUT2D eigenvalue weighted by Crippen LogP contribution is 2.31. The van der Waals surface area contributed by atoms with Gasteiger partial charge in [-0.1, -0.05) is 17.7 Å². The summed E-state index contributed by atoms with van der Waals surface area (Å²) >= 11 is 5.82. The van der Waals surface area contributed by atoms with Crippen LogP contribution < -0.4 is 16.0 Å². The SMILES string of the molecule is Cn1c(C(F)(F)F)cc(=O)n(-c2cc(C(=O)Oc3cc(CC(F)(F)F)cc(CC(F)(F)F)c3)c(Cl)cc2F)c1=O. The summed E-state index contributed by atoms with van der Waals surface area (Å²) in [4.78, 5) is 37.6. The van der Waals surface area contributed by atoms with E-state index in [0.29, 0.717) is 37.4 Å². The third-order valence-corrected chi connectivity index (χ3v) is 5.47. The minimum absolute atomic E-state index is 0.0121. The second-order valence-corrected chi connectivity index (χ2v) is 8.69. The summed E-state index contributed by atoms with van der Waals surface area (Å²) in [6.07, 6.45) is -18.2. The average Bonchev–Trinajstić information content (AvgIpc) is 2.74. The molecule has 216 valence electrons. The third-order valence-electron chi connectivity index (χ3n) is 5.15. The highest BCUT2D eigenvalue weighted by molar-refractivity contribution is 6.33. The number of rotatable bonds is 5. The van der Waals surface area contributed by atoms with Crippen molar-refractivity contribution in [2.75, 3.05) is 0 Å². The fourth-order valence-electron chi connectivity index (χ4n) is 3.60. The van der Waals surface area contributed by atoms with Crippen LogP contribution in [0, 0.1) is 5.82 Å². The minimum Gasteiger partial charge on any atom is -0.423 e. The number of carbonyl (C=O) groups excluding carboxylic acids is 1. The molecule has 0 spiro atoms. The van der Waals surface area contributed by atoms with Gasteiger partial charge in [0.1, 0.15) is 17.3 Å². The molecule has 0 bridgehead atoms. The molecule has 0 saturated heterocycles. The molecule has 3 rings (SSSR count). The maximum atomic E-state index is 14.7. The molecule has 0 aliphatic carbocycles. The van der Waals surface area contributed by atoms with Gasteiger partial charge in [-0.15, -0.1) is 0 Å². The van der Waals surface area contributed by atoms with Gasteiger partial charge >= 0.3 is 30.2 Å². The molecular formula is C23H13ClF10N2O4. The molecule has 0 radical (unpaired) electrons. The molecule has 1 aromatic heterocycles. The Morgan fingerprint density at radius 3 is 1.85 bits per heavy atom. The molecule has 3 aromatic rings. The predicted molar refractivity (Wildman–Crippen MR) is 118 cm³/mol. The first-order valence-corrected chi connectivity index (χ1v) is 10.9. The monoisotopic (exact) mass is 606 g/mol. The Hall–Kier alpha value is -3.82. The fraction of sp³-hybridized carbons (Fsp3) is 0.261. The Labute approximate surface area is 221 Å². The second kappa shape index (κ2) is 10.6. The summed E-state index contributed by atoms with van der Waals surface area (Å²) in [6, 6.07) is 2.69. The highest BCUT2D eigenvalue weighted by atomic mass is 35.5. The van der Waals surface area contributed by atoms with E-state index in [0.717, 1.165) is 0 Å². The lowest BCUT2D eigenvalue weighted by molar-refractivity contribution is -0.144. The van der Waals surface area contributed by atoms with Gasteiger partial charge in [-0.25, -0.2) is 18.5 Å². The van der Waals surface area contributed by atoms with Crippen LogP contribution in [0.3, 0.4) is 0 Å². The summed E-state index contributed by atoms with van der Waals surface area (Å²) in [6.45, 7) is 0. The number of hydrogen-bond acceptors (Lipinski definition) is 4. The standard InChI is InChI=1S/C23H13ClF10N2O4/c1-35-17(23(32,33)34)7-18(37)36(20(35)39)16-5-13(14(24)6-15(16)25)19(38)40-12-3-10(8-21(26,27)28)2-11(4-12)9-22(29,30)31/h2-7H,8-9H2,1H3. The van der Waals surface area contributed by atoms with E-state index in [-0.39, 0.29) is 15.2 Å². The molecule has 0 unspecified atom stereocenters. The number of alkyl halides is 9. The summed E-state index contributed by atoms with van der Waals surface area (Å²) in [5.41, 5.74) is -8.24. The number of benzene rings is 2. The van der Waals surface area contributed by atoms with E-state index < -0.39 is 93.2 Å². The Kier molecular flexibility index (Phi) is 8.16. The Bertz CT molecular complexity index is 1550. The quantitative estimate of drug-likeness (QED) is 0.210. The van der Waals surface area contributed by atoms with Gasteiger partial charge in [-0.05, 0) is 35.4 Å². The molecule has 40 heavy (non-hydrogen) atoms. The average molecular weight is 607 g/mol. The lowest BCUT2D eigenvalue weighted by atomic mass is 10.0. The number of ether oxygens (including phenoxy) is 1. The zero-order valence-corrected chi connectivity index (χ0v) is 20.3. The lowest BCUT2D eigenvalue weighted by Crippen LogP contribution is -2.41. The number of esters is 1. The van der Waals surface area contributed by atoms with Gasteiger partial charge in [0.05, 0.1) is 29.1 Å². The first kappa shape index (κ1) is 30.7. The molecule has 0 aliphatic heterocycles. The van der Waals surface area contributed by atoms with Crippen molar-refractivity contribution in [2.45, 2.75) is 31.4 Å². The maximum Gasteiger partial charge on any atom is 0.431 e. The summed E-state index contributed by atoms with van der Waals surface area (Å²) in [5.74, 6) is -3.79. The van der Waals surface area contributed by atoms with Crippen LogP contribution in [-0.4, -0.2) is 27.5 Å². The number of hydrogen-bond donors (Lipinski definition) is 0. The van der Waals surface area contributed by atoms with Gasteiger partial charge in [0.25, 0.3) is 5.56 Å². The highest BCUT2D eigenvalue weighted by Gasteiger charge is 2.35. The van der Waals surface area contributed by atoms with Gasteiger partial charge < -0.3 is 4.74 Å². The number of carbonyl (C=O) groups is 1. The van der Waals surface area contributed by atoms with E-state index in [1.807, 2.05) is 0 Å². The maximum absolute atomic E-state index is 14.7. The molecule has 0 N–H and O–H groups in total. The van der Waals surface area contributed by atoms with Gasteiger partial charge in [-0.3, -0.25) is 9.36 Å². The summed E-state index contributed by atoms with van der Waals surface area (Å²) in [5, 5.41) is -0.731. The van der Waals surface area contributed by atoms with E-state index in [1.54, 1.807) is 0 Å². The van der Waals surface area contributed by atoms with Crippen molar-refractivity contribution < 1.29 is 53.4 Å². The van der Waals surface area contributed by atoms with E-state index in [2.05, 4.69) is 0 Å². The van der Waals surface area contributed by atoms with Crippen LogP contribution in [0.25, 0.3) is 5.69 Å². The van der Waals surface area contributed by atoms with Gasteiger partial charge in [0, 0.05) is 13.1 Å². The molecule has 0 fully saturated rings. The van der Waals surface area contributed by atoms with Crippen LogP contribution in [0.4, 0.5) is 43.9 Å². The van der Waals surface area contributed by atoms with E-state index >= 15 is 0 Å². The van der Waals surface area contributed by atoms with Crippen molar-refractivity contribution in [1.29, 1.82) is 0 Å². The van der Waals surface area contributed by atoms with Gasteiger partial charge in [-0.2, -0.15) is 39.5 Å². The fourth-order valence-corrected chi connectivity index (χ4v) is 3.83. The zero-order chi connectivity index (χ0) is 30.4. The molecule has 0 saturated carbocycles. The van der Waals surface area contributed by atoms with Crippen LogP contribution in [0.1, 0.15) is 27.2 Å². The van der Waals surface area contributed by atoms with Crippen molar-refractivity contribution in [3.8, 4) is 11.4 Å². The van der Waals surface area contributed by atoms with E-state index in [1.165, 1.54) is 0 Å². The van der Waals surface area contributed by atoms with E-state index in [9.17, 15) is 58.3 Å². The molecule has 1 heterocycles. The molecule has 0 aliphatic rings.